The Labute approximate surface area is 189 Å². The zero-order valence-electron chi connectivity index (χ0n) is 16.8. The average Bonchev–Trinajstić information content (AvgIpc) is 2.79. The highest BCUT2D eigenvalue weighted by molar-refractivity contribution is 7.99. The van der Waals surface area contributed by atoms with Gasteiger partial charge in [0, 0.05) is 16.0 Å². The van der Waals surface area contributed by atoms with Crippen LogP contribution in [0.15, 0.2) is 78.0 Å². The highest BCUT2D eigenvalue weighted by atomic mass is 35.5. The molecule has 1 heterocycles. The molecule has 1 aromatic heterocycles. The van der Waals surface area contributed by atoms with Gasteiger partial charge in [0.25, 0.3) is 0 Å². The molecule has 1 amide bonds. The number of hydrogen-bond acceptors (Lipinski definition) is 5. The third kappa shape index (κ3) is 5.16. The van der Waals surface area contributed by atoms with Crippen LogP contribution in [0, 0.1) is 0 Å². The van der Waals surface area contributed by atoms with Gasteiger partial charge in [-0.2, -0.15) is 0 Å². The Morgan fingerprint density at radius 2 is 1.81 bits per heavy atom. The Bertz CT molecular complexity index is 1220. The van der Waals surface area contributed by atoms with Crippen molar-refractivity contribution in [1.82, 2.24) is 9.97 Å². The minimum absolute atomic E-state index is 0.154. The Kier molecular flexibility index (Phi) is 6.70. The molecule has 156 valence electrons. The summed E-state index contributed by atoms with van der Waals surface area (Å²) >= 11 is 7.50. The first-order valence-electron chi connectivity index (χ1n) is 9.81. The highest BCUT2D eigenvalue weighted by Gasteiger charge is 2.13. The van der Waals surface area contributed by atoms with E-state index >= 15 is 0 Å². The van der Waals surface area contributed by atoms with Crippen molar-refractivity contribution in [2.75, 3.05) is 17.7 Å². The lowest BCUT2D eigenvalue weighted by atomic mass is 10.1. The van der Waals surface area contributed by atoms with Crippen molar-refractivity contribution >= 4 is 45.9 Å². The summed E-state index contributed by atoms with van der Waals surface area (Å²) in [6.45, 7) is 2.43. The Morgan fingerprint density at radius 3 is 2.61 bits per heavy atom. The van der Waals surface area contributed by atoms with Crippen LogP contribution < -0.4 is 10.1 Å². The number of nitrogens with zero attached hydrogens (tertiary/aromatic N) is 2. The summed E-state index contributed by atoms with van der Waals surface area (Å²) in [5, 5.41) is 4.93. The quantitative estimate of drug-likeness (QED) is 0.273. The first-order valence-corrected chi connectivity index (χ1v) is 11.2. The number of fused-ring (bicyclic) bond motifs is 1. The number of carbonyl (C=O) groups excluding carboxylic acids is 1. The maximum Gasteiger partial charge on any atom is 0.234 e. The number of nitrogens with one attached hydrogen (secondary N) is 1. The predicted molar refractivity (Wildman–Crippen MR) is 127 cm³/mol. The summed E-state index contributed by atoms with van der Waals surface area (Å²) in [6.07, 6.45) is 0. The summed E-state index contributed by atoms with van der Waals surface area (Å²) in [7, 11) is 0. The number of benzene rings is 3. The van der Waals surface area contributed by atoms with Gasteiger partial charge in [-0.3, -0.25) is 4.79 Å². The van der Waals surface area contributed by atoms with Crippen molar-refractivity contribution in [1.29, 1.82) is 0 Å². The van der Waals surface area contributed by atoms with E-state index in [1.54, 1.807) is 6.07 Å². The molecule has 0 aliphatic rings. The molecular formula is C24H20ClN3O2S. The van der Waals surface area contributed by atoms with E-state index in [0.29, 0.717) is 28.2 Å². The Balaban J connectivity index is 1.56. The Morgan fingerprint density at radius 1 is 1.03 bits per heavy atom. The van der Waals surface area contributed by atoms with Crippen molar-refractivity contribution in [3.63, 3.8) is 0 Å². The van der Waals surface area contributed by atoms with E-state index < -0.39 is 0 Å². The van der Waals surface area contributed by atoms with E-state index in [1.807, 2.05) is 73.7 Å². The number of carbonyl (C=O) groups is 1. The molecule has 4 aromatic rings. The van der Waals surface area contributed by atoms with Gasteiger partial charge in [-0.1, -0.05) is 65.8 Å². The van der Waals surface area contributed by atoms with Crippen LogP contribution in [0.1, 0.15) is 6.92 Å². The Hall–Kier alpha value is -3.09. The van der Waals surface area contributed by atoms with Crippen molar-refractivity contribution < 1.29 is 9.53 Å². The molecule has 0 atom stereocenters. The molecule has 0 unspecified atom stereocenters. The fourth-order valence-electron chi connectivity index (χ4n) is 3.13. The molecule has 3 aromatic carbocycles. The van der Waals surface area contributed by atoms with Gasteiger partial charge in [0.05, 0.1) is 29.3 Å². The van der Waals surface area contributed by atoms with Crippen molar-refractivity contribution in [2.45, 2.75) is 12.1 Å². The van der Waals surface area contributed by atoms with Crippen LogP contribution in [0.5, 0.6) is 5.75 Å². The van der Waals surface area contributed by atoms with Gasteiger partial charge < -0.3 is 10.1 Å². The summed E-state index contributed by atoms with van der Waals surface area (Å²) in [6, 6.07) is 22.8. The molecule has 0 bridgehead atoms. The molecule has 0 radical (unpaired) electrons. The lowest BCUT2D eigenvalue weighted by Crippen LogP contribution is -2.15. The van der Waals surface area contributed by atoms with Crippen LogP contribution in [0.2, 0.25) is 5.02 Å². The van der Waals surface area contributed by atoms with Crippen LogP contribution in [0.4, 0.5) is 5.69 Å². The third-order valence-corrected chi connectivity index (χ3v) is 5.56. The molecule has 0 fully saturated rings. The van der Waals surface area contributed by atoms with E-state index in [2.05, 4.69) is 10.3 Å². The molecular weight excluding hydrogens is 430 g/mol. The largest absolute Gasteiger partial charge is 0.492 e. The van der Waals surface area contributed by atoms with E-state index in [-0.39, 0.29) is 11.7 Å². The summed E-state index contributed by atoms with van der Waals surface area (Å²) < 4.78 is 5.57. The van der Waals surface area contributed by atoms with Gasteiger partial charge in [-0.05, 0) is 37.3 Å². The molecule has 1 N–H and O–H groups in total. The monoisotopic (exact) mass is 449 g/mol. The number of anilines is 1. The van der Waals surface area contributed by atoms with Crippen LogP contribution >= 0.6 is 23.4 Å². The number of para-hydroxylation sites is 2. The normalized spacial score (nSPS) is 10.8. The van der Waals surface area contributed by atoms with Gasteiger partial charge in [0.15, 0.2) is 5.16 Å². The second kappa shape index (κ2) is 9.81. The van der Waals surface area contributed by atoms with Crippen molar-refractivity contribution in [2.24, 2.45) is 0 Å². The van der Waals surface area contributed by atoms with Crippen LogP contribution in [0.25, 0.3) is 22.2 Å². The van der Waals surface area contributed by atoms with Crippen LogP contribution in [0.3, 0.4) is 0 Å². The minimum atomic E-state index is -0.154. The molecule has 0 spiro atoms. The second-order valence-electron chi connectivity index (χ2n) is 6.65. The second-order valence-corrected chi connectivity index (χ2v) is 8.03. The summed E-state index contributed by atoms with van der Waals surface area (Å²) in [5.41, 5.74) is 3.18. The standard InChI is InChI=1S/C24H20ClN3O2S/c1-2-30-21-11-7-6-10-20(21)26-22(29)15-31-24-27-19-13-12-17(25)14-18(19)23(28-24)16-8-4-3-5-9-16/h3-14H,2,15H2,1H3,(H,26,29). The maximum absolute atomic E-state index is 12.5. The van der Waals surface area contributed by atoms with Gasteiger partial charge >= 0.3 is 0 Å². The number of ether oxygens (including phenoxy) is 1. The molecule has 7 heteroatoms. The number of amides is 1. The lowest BCUT2D eigenvalue weighted by molar-refractivity contribution is -0.113. The lowest BCUT2D eigenvalue weighted by Gasteiger charge is -2.11. The van der Waals surface area contributed by atoms with Crippen molar-refractivity contribution in [3.8, 4) is 17.0 Å². The summed E-state index contributed by atoms with van der Waals surface area (Å²) in [4.78, 5) is 21.9. The fraction of sp³-hybridized carbons (Fsp3) is 0.125. The fourth-order valence-corrected chi connectivity index (χ4v) is 3.95. The molecule has 0 saturated heterocycles. The maximum atomic E-state index is 12.5. The minimum Gasteiger partial charge on any atom is -0.492 e. The topological polar surface area (TPSA) is 64.1 Å². The smallest absolute Gasteiger partial charge is 0.234 e. The third-order valence-electron chi connectivity index (χ3n) is 4.48. The number of hydrogen-bond donors (Lipinski definition) is 1. The molecule has 0 aliphatic heterocycles. The highest BCUT2D eigenvalue weighted by Crippen LogP contribution is 2.31. The van der Waals surface area contributed by atoms with E-state index in [0.717, 1.165) is 22.2 Å². The number of rotatable bonds is 7. The molecule has 31 heavy (non-hydrogen) atoms. The first-order chi connectivity index (χ1) is 15.1. The van der Waals surface area contributed by atoms with Crippen molar-refractivity contribution in [3.05, 3.63) is 77.8 Å². The predicted octanol–water partition coefficient (Wildman–Crippen LogP) is 6.08. The van der Waals surface area contributed by atoms with Gasteiger partial charge in [-0.15, -0.1) is 0 Å². The zero-order valence-corrected chi connectivity index (χ0v) is 18.4. The van der Waals surface area contributed by atoms with E-state index in [4.69, 9.17) is 21.3 Å². The average molecular weight is 450 g/mol. The molecule has 5 nitrogen and oxygen atoms in total. The van der Waals surface area contributed by atoms with Gasteiger partial charge in [0.2, 0.25) is 5.91 Å². The number of halogens is 1. The van der Waals surface area contributed by atoms with Gasteiger partial charge in [-0.25, -0.2) is 9.97 Å². The van der Waals surface area contributed by atoms with E-state index in [9.17, 15) is 4.79 Å². The van der Waals surface area contributed by atoms with E-state index in [1.165, 1.54) is 11.8 Å². The molecule has 4 rings (SSSR count). The van der Waals surface area contributed by atoms with Crippen LogP contribution in [-0.2, 0) is 4.79 Å². The molecule has 0 saturated carbocycles. The SMILES string of the molecule is CCOc1ccccc1NC(=O)CSc1nc(-c2ccccc2)c2cc(Cl)ccc2n1. The molecule has 0 aliphatic carbocycles. The van der Waals surface area contributed by atoms with Gasteiger partial charge in [0.1, 0.15) is 5.75 Å². The number of thioether (sulfide) groups is 1. The summed E-state index contributed by atoms with van der Waals surface area (Å²) in [5.74, 6) is 0.667. The van der Waals surface area contributed by atoms with Crippen LogP contribution in [-0.4, -0.2) is 28.2 Å². The number of aromatic nitrogens is 2. The zero-order chi connectivity index (χ0) is 21.6. The first kappa shape index (κ1) is 21.2.